The van der Waals surface area contributed by atoms with Gasteiger partial charge in [0.2, 0.25) is 5.91 Å². The fourth-order valence-corrected chi connectivity index (χ4v) is 4.76. The van der Waals surface area contributed by atoms with Gasteiger partial charge in [-0.25, -0.2) is 4.98 Å². The van der Waals surface area contributed by atoms with Crippen LogP contribution in [0.2, 0.25) is 5.02 Å². The first kappa shape index (κ1) is 24.2. The van der Waals surface area contributed by atoms with Gasteiger partial charge in [0, 0.05) is 55.5 Å². The average molecular weight is 480 g/mol. The first-order valence-corrected chi connectivity index (χ1v) is 12.1. The number of aromatic nitrogens is 1. The minimum Gasteiger partial charge on any atom is -0.337 e. The van der Waals surface area contributed by atoms with Crippen molar-refractivity contribution in [3.05, 3.63) is 57.4 Å². The number of nitriles is 1. The number of rotatable bonds is 6. The van der Waals surface area contributed by atoms with Crippen LogP contribution in [0.5, 0.6) is 0 Å². The molecule has 4 rings (SSSR count). The van der Waals surface area contributed by atoms with E-state index in [0.29, 0.717) is 46.4 Å². The highest BCUT2D eigenvalue weighted by atomic mass is 35.5. The molecule has 0 radical (unpaired) electrons. The summed E-state index contributed by atoms with van der Waals surface area (Å²) in [5.74, 6) is 0.586. The molecule has 2 aromatic rings. The molecular weight excluding hydrogens is 450 g/mol. The van der Waals surface area contributed by atoms with Crippen molar-refractivity contribution in [2.45, 2.75) is 52.6 Å². The number of anilines is 1. The maximum atomic E-state index is 12.8. The summed E-state index contributed by atoms with van der Waals surface area (Å²) in [5.41, 5.74) is 4.00. The Morgan fingerprint density at radius 2 is 2.00 bits per heavy atom. The summed E-state index contributed by atoms with van der Waals surface area (Å²) in [7, 11) is 0. The fourth-order valence-electron chi connectivity index (χ4n) is 4.51. The molecule has 178 valence electrons. The lowest BCUT2D eigenvalue weighted by molar-refractivity contribution is -0.136. The summed E-state index contributed by atoms with van der Waals surface area (Å²) < 4.78 is 0. The number of carbonyl (C=O) groups excluding carboxylic acids is 2. The van der Waals surface area contributed by atoms with Crippen LogP contribution in [-0.4, -0.2) is 52.3 Å². The van der Waals surface area contributed by atoms with Gasteiger partial charge in [0.15, 0.2) is 0 Å². The molecule has 34 heavy (non-hydrogen) atoms. The van der Waals surface area contributed by atoms with Crippen molar-refractivity contribution in [2.24, 2.45) is 5.92 Å². The second kappa shape index (κ2) is 10.1. The number of amides is 2. The molecule has 1 saturated heterocycles. The van der Waals surface area contributed by atoms with E-state index in [0.717, 1.165) is 30.8 Å². The highest BCUT2D eigenvalue weighted by Crippen LogP contribution is 2.33. The summed E-state index contributed by atoms with van der Waals surface area (Å²) in [6, 6.07) is 7.53. The zero-order valence-electron chi connectivity index (χ0n) is 19.9. The van der Waals surface area contributed by atoms with E-state index in [4.69, 9.17) is 16.9 Å². The van der Waals surface area contributed by atoms with Crippen molar-refractivity contribution in [1.29, 1.82) is 5.26 Å². The third-order valence-electron chi connectivity index (χ3n) is 6.76. The Balaban J connectivity index is 1.43. The molecule has 1 unspecified atom stereocenters. The maximum absolute atomic E-state index is 12.8. The van der Waals surface area contributed by atoms with Gasteiger partial charge in [-0.15, -0.1) is 0 Å². The van der Waals surface area contributed by atoms with Gasteiger partial charge in [-0.2, -0.15) is 5.26 Å². The summed E-state index contributed by atoms with van der Waals surface area (Å²) in [6.45, 7) is 8.89. The van der Waals surface area contributed by atoms with E-state index >= 15 is 0 Å². The Morgan fingerprint density at radius 3 is 2.65 bits per heavy atom. The average Bonchev–Trinajstić information content (AvgIpc) is 3.60. The van der Waals surface area contributed by atoms with Crippen LogP contribution in [0.4, 0.5) is 5.69 Å². The lowest BCUT2D eigenvalue weighted by atomic mass is 10.0. The molecule has 1 atom stereocenters. The monoisotopic (exact) mass is 479 g/mol. The van der Waals surface area contributed by atoms with Crippen molar-refractivity contribution in [1.82, 2.24) is 14.8 Å². The van der Waals surface area contributed by atoms with Crippen LogP contribution >= 0.6 is 11.6 Å². The molecule has 2 aliphatic rings. The first-order chi connectivity index (χ1) is 16.2. The standard InChI is InChI=1S/C26H30ClN5O2/c1-16-8-20(13-29-24(16)12-28)26(34)30-23-11-22(27)10-21(18(23)3)15-31-6-7-32(17(2)14-31)25(33)9-19-4-5-19/h8,10-11,13,17,19H,4-7,9,14-15H2,1-3H3,(H,30,34). The number of nitrogens with one attached hydrogen (secondary N) is 1. The molecule has 1 N–H and O–H groups in total. The molecule has 1 aromatic heterocycles. The normalized spacial score (nSPS) is 18.4. The van der Waals surface area contributed by atoms with Crippen molar-refractivity contribution < 1.29 is 9.59 Å². The zero-order valence-corrected chi connectivity index (χ0v) is 20.7. The number of benzene rings is 1. The Hall–Kier alpha value is -2.95. The summed E-state index contributed by atoms with van der Waals surface area (Å²) in [5, 5.41) is 12.6. The number of nitrogens with zero attached hydrogens (tertiary/aromatic N) is 4. The Labute approximate surface area is 205 Å². The Bertz CT molecular complexity index is 1150. The number of hydrogen-bond acceptors (Lipinski definition) is 5. The van der Waals surface area contributed by atoms with Gasteiger partial charge in [-0.3, -0.25) is 14.5 Å². The SMILES string of the molecule is Cc1cc(C(=O)Nc2cc(Cl)cc(CN3CCN(C(=O)CC4CC4)C(C)C3)c2C)cnc1C#N. The quantitative estimate of drug-likeness (QED) is 0.666. The lowest BCUT2D eigenvalue weighted by Gasteiger charge is -2.40. The van der Waals surface area contributed by atoms with Crippen molar-refractivity contribution in [3.8, 4) is 6.07 Å². The molecule has 2 fully saturated rings. The minimum atomic E-state index is -0.298. The van der Waals surface area contributed by atoms with Gasteiger partial charge < -0.3 is 10.2 Å². The minimum absolute atomic E-state index is 0.172. The topological polar surface area (TPSA) is 89.3 Å². The number of aryl methyl sites for hydroxylation is 1. The Kier molecular flexibility index (Phi) is 7.20. The molecule has 2 heterocycles. The number of piperazine rings is 1. The Morgan fingerprint density at radius 1 is 1.24 bits per heavy atom. The van der Waals surface area contributed by atoms with Crippen molar-refractivity contribution in [3.63, 3.8) is 0 Å². The second-order valence-electron chi connectivity index (χ2n) is 9.51. The van der Waals surface area contributed by atoms with Crippen LogP contribution in [0.15, 0.2) is 24.4 Å². The summed E-state index contributed by atoms with van der Waals surface area (Å²) in [6.07, 6.45) is 4.48. The number of carbonyl (C=O) groups is 2. The van der Waals surface area contributed by atoms with Gasteiger partial charge in [-0.1, -0.05) is 11.6 Å². The van der Waals surface area contributed by atoms with Crippen LogP contribution < -0.4 is 5.32 Å². The van der Waals surface area contributed by atoms with Gasteiger partial charge >= 0.3 is 0 Å². The van der Waals surface area contributed by atoms with Crippen LogP contribution in [0.3, 0.4) is 0 Å². The highest BCUT2D eigenvalue weighted by Gasteiger charge is 2.32. The molecule has 1 aliphatic heterocycles. The summed E-state index contributed by atoms with van der Waals surface area (Å²) >= 11 is 6.41. The largest absolute Gasteiger partial charge is 0.337 e. The number of halogens is 1. The van der Waals surface area contributed by atoms with Gasteiger partial charge in [0.25, 0.3) is 5.91 Å². The van der Waals surface area contributed by atoms with Crippen LogP contribution in [0.25, 0.3) is 0 Å². The molecule has 8 heteroatoms. The maximum Gasteiger partial charge on any atom is 0.257 e. The predicted octanol–water partition coefficient (Wildman–Crippen LogP) is 4.31. The zero-order chi connectivity index (χ0) is 24.4. The molecule has 2 amide bonds. The van der Waals surface area contributed by atoms with E-state index < -0.39 is 0 Å². The fraction of sp³-hybridized carbons (Fsp3) is 0.462. The van der Waals surface area contributed by atoms with Gasteiger partial charge in [0.05, 0.1) is 5.56 Å². The molecule has 0 spiro atoms. The van der Waals surface area contributed by atoms with E-state index in [9.17, 15) is 9.59 Å². The first-order valence-electron chi connectivity index (χ1n) is 11.7. The van der Waals surface area contributed by atoms with E-state index in [2.05, 4.69) is 22.1 Å². The lowest BCUT2D eigenvalue weighted by Crippen LogP contribution is -2.53. The van der Waals surface area contributed by atoms with E-state index in [-0.39, 0.29) is 17.9 Å². The number of pyridine rings is 1. The van der Waals surface area contributed by atoms with E-state index in [1.807, 2.05) is 24.0 Å². The van der Waals surface area contributed by atoms with Crippen LogP contribution in [0.1, 0.15) is 58.9 Å². The van der Waals surface area contributed by atoms with Crippen molar-refractivity contribution >= 4 is 29.1 Å². The van der Waals surface area contributed by atoms with Crippen LogP contribution in [0, 0.1) is 31.1 Å². The summed E-state index contributed by atoms with van der Waals surface area (Å²) in [4.78, 5) is 33.8. The third-order valence-corrected chi connectivity index (χ3v) is 6.98. The van der Waals surface area contributed by atoms with Gasteiger partial charge in [0.1, 0.15) is 11.8 Å². The molecule has 1 aliphatic carbocycles. The predicted molar refractivity (Wildman–Crippen MR) is 132 cm³/mol. The third kappa shape index (κ3) is 5.57. The molecule has 7 nitrogen and oxygen atoms in total. The second-order valence-corrected chi connectivity index (χ2v) is 9.95. The van der Waals surface area contributed by atoms with Crippen LogP contribution in [-0.2, 0) is 11.3 Å². The van der Waals surface area contributed by atoms with Gasteiger partial charge in [-0.05, 0) is 74.4 Å². The smallest absolute Gasteiger partial charge is 0.257 e. The number of hydrogen-bond donors (Lipinski definition) is 1. The molecular formula is C26H30ClN5O2. The van der Waals surface area contributed by atoms with E-state index in [1.54, 1.807) is 19.1 Å². The highest BCUT2D eigenvalue weighted by molar-refractivity contribution is 6.31. The molecule has 1 aromatic carbocycles. The molecule has 0 bridgehead atoms. The molecule has 1 saturated carbocycles. The van der Waals surface area contributed by atoms with E-state index in [1.165, 1.54) is 19.0 Å². The van der Waals surface area contributed by atoms with Crippen molar-refractivity contribution in [2.75, 3.05) is 25.0 Å².